The average Bonchev–Trinajstić information content (AvgIpc) is 3.16. The summed E-state index contributed by atoms with van der Waals surface area (Å²) in [5, 5.41) is 13.0. The lowest BCUT2D eigenvalue weighted by Crippen LogP contribution is -2.17. The Kier molecular flexibility index (Phi) is 7.32. The molecule has 0 radical (unpaired) electrons. The molecule has 5 nitrogen and oxygen atoms in total. The average molecular weight is 482 g/mol. The number of halogens is 1. The number of hydrogen-bond acceptors (Lipinski definition) is 4. The molecular formula is C23H20BrN3O2S. The van der Waals surface area contributed by atoms with Gasteiger partial charge in [0.05, 0.1) is 23.7 Å². The van der Waals surface area contributed by atoms with E-state index in [2.05, 4.69) is 34.2 Å². The zero-order valence-corrected chi connectivity index (χ0v) is 18.6. The molecule has 0 fully saturated rings. The summed E-state index contributed by atoms with van der Waals surface area (Å²) in [7, 11) is 0. The second kappa shape index (κ2) is 10.1. The van der Waals surface area contributed by atoms with E-state index >= 15 is 0 Å². The van der Waals surface area contributed by atoms with Crippen LogP contribution in [0.25, 0.3) is 11.3 Å². The van der Waals surface area contributed by atoms with Crippen LogP contribution < -0.4 is 4.80 Å². The quantitative estimate of drug-likeness (QED) is 0.256. The van der Waals surface area contributed by atoms with Gasteiger partial charge in [-0.2, -0.15) is 0 Å². The second-order valence-electron chi connectivity index (χ2n) is 6.58. The highest BCUT2D eigenvalue weighted by molar-refractivity contribution is 8.93. The Morgan fingerprint density at radius 1 is 0.867 bits per heavy atom. The Bertz CT molecular complexity index is 1170. The van der Waals surface area contributed by atoms with E-state index in [0.717, 1.165) is 21.6 Å². The number of benzene rings is 3. The zero-order valence-electron chi connectivity index (χ0n) is 16.0. The van der Waals surface area contributed by atoms with Gasteiger partial charge in [-0.25, -0.2) is 0 Å². The van der Waals surface area contributed by atoms with Crippen LogP contribution in [0.3, 0.4) is 0 Å². The topological polar surface area (TPSA) is 60.4 Å². The number of thiazole rings is 1. The van der Waals surface area contributed by atoms with Crippen molar-refractivity contribution in [2.45, 2.75) is 13.1 Å². The van der Waals surface area contributed by atoms with Crippen LogP contribution in [-0.2, 0) is 13.1 Å². The van der Waals surface area contributed by atoms with Crippen molar-refractivity contribution >= 4 is 34.0 Å². The summed E-state index contributed by atoms with van der Waals surface area (Å²) >= 11 is 1.58. The standard InChI is InChI=1S/C23H19N3O2S.BrH/c27-26(28)21-13-11-20(12-14-21)22-17-29-23(24-15-18-7-3-1-4-8-18)25(22)16-19-9-5-2-6-10-19;/h1-14,17H,15-16H2;1H. The van der Waals surface area contributed by atoms with Crippen molar-refractivity contribution in [3.63, 3.8) is 0 Å². The molecule has 0 amide bonds. The molecule has 0 saturated carbocycles. The van der Waals surface area contributed by atoms with Gasteiger partial charge < -0.3 is 4.57 Å². The van der Waals surface area contributed by atoms with Gasteiger partial charge >= 0.3 is 0 Å². The Hall–Kier alpha value is -3.03. The second-order valence-corrected chi connectivity index (χ2v) is 7.42. The third-order valence-electron chi connectivity index (χ3n) is 4.59. The molecule has 1 heterocycles. The first-order chi connectivity index (χ1) is 14.2. The monoisotopic (exact) mass is 481 g/mol. The zero-order chi connectivity index (χ0) is 20.1. The summed E-state index contributed by atoms with van der Waals surface area (Å²) in [5.41, 5.74) is 4.36. The molecule has 0 aliphatic rings. The summed E-state index contributed by atoms with van der Waals surface area (Å²) in [4.78, 5) is 16.3. The van der Waals surface area contributed by atoms with E-state index in [0.29, 0.717) is 13.1 Å². The normalized spacial score (nSPS) is 11.1. The van der Waals surface area contributed by atoms with Gasteiger partial charge in [0.1, 0.15) is 0 Å². The molecule has 4 aromatic rings. The third kappa shape index (κ3) is 5.11. The highest BCUT2D eigenvalue weighted by atomic mass is 79.9. The maximum Gasteiger partial charge on any atom is 0.269 e. The van der Waals surface area contributed by atoms with Crippen LogP contribution in [0, 0.1) is 10.1 Å². The minimum Gasteiger partial charge on any atom is -0.312 e. The molecule has 0 unspecified atom stereocenters. The van der Waals surface area contributed by atoms with Gasteiger partial charge in [0, 0.05) is 17.5 Å². The maximum atomic E-state index is 11.0. The lowest BCUT2D eigenvalue weighted by molar-refractivity contribution is -0.384. The number of rotatable bonds is 6. The fourth-order valence-electron chi connectivity index (χ4n) is 3.10. The molecule has 7 heteroatoms. The molecule has 30 heavy (non-hydrogen) atoms. The van der Waals surface area contributed by atoms with Crippen molar-refractivity contribution in [1.82, 2.24) is 4.57 Å². The Balaban J connectivity index is 0.00000256. The van der Waals surface area contributed by atoms with E-state index in [9.17, 15) is 10.1 Å². The number of nitro benzene ring substituents is 1. The predicted molar refractivity (Wildman–Crippen MR) is 126 cm³/mol. The SMILES string of the molecule is Br.O=[N+]([O-])c1ccc(-c2csc(=NCc3ccccc3)n2Cc2ccccc2)cc1. The van der Waals surface area contributed by atoms with Crippen LogP contribution in [-0.4, -0.2) is 9.49 Å². The fraction of sp³-hybridized carbons (Fsp3) is 0.0870. The lowest BCUT2D eigenvalue weighted by Gasteiger charge is -2.09. The lowest BCUT2D eigenvalue weighted by atomic mass is 10.1. The molecule has 0 bridgehead atoms. The molecule has 0 atom stereocenters. The van der Waals surface area contributed by atoms with Crippen molar-refractivity contribution in [3.05, 3.63) is 116 Å². The molecule has 0 N–H and O–H groups in total. The van der Waals surface area contributed by atoms with Gasteiger partial charge in [-0.1, -0.05) is 60.7 Å². The van der Waals surface area contributed by atoms with Gasteiger partial charge in [0.15, 0.2) is 4.80 Å². The van der Waals surface area contributed by atoms with Crippen molar-refractivity contribution < 1.29 is 4.92 Å². The van der Waals surface area contributed by atoms with Crippen LogP contribution in [0.4, 0.5) is 5.69 Å². The summed E-state index contributed by atoms with van der Waals surface area (Å²) < 4.78 is 2.17. The molecule has 152 valence electrons. The first kappa shape index (κ1) is 21.7. The van der Waals surface area contributed by atoms with Crippen molar-refractivity contribution in [1.29, 1.82) is 0 Å². The van der Waals surface area contributed by atoms with Crippen molar-refractivity contribution in [2.24, 2.45) is 4.99 Å². The molecule has 4 rings (SSSR count). The predicted octanol–water partition coefficient (Wildman–Crippen LogP) is 5.85. The smallest absolute Gasteiger partial charge is 0.269 e. The Morgan fingerprint density at radius 3 is 2.07 bits per heavy atom. The Labute approximate surface area is 188 Å². The molecule has 0 spiro atoms. The van der Waals surface area contributed by atoms with Gasteiger partial charge in [0.25, 0.3) is 5.69 Å². The highest BCUT2D eigenvalue weighted by Gasteiger charge is 2.11. The summed E-state index contributed by atoms with van der Waals surface area (Å²) in [6.45, 7) is 1.29. The number of hydrogen-bond donors (Lipinski definition) is 0. The van der Waals surface area contributed by atoms with E-state index in [4.69, 9.17) is 4.99 Å². The minimum atomic E-state index is -0.379. The Morgan fingerprint density at radius 2 is 1.47 bits per heavy atom. The number of non-ortho nitro benzene ring substituents is 1. The molecular weight excluding hydrogens is 462 g/mol. The highest BCUT2D eigenvalue weighted by Crippen LogP contribution is 2.24. The number of nitro groups is 1. The summed E-state index contributed by atoms with van der Waals surface area (Å²) in [5.74, 6) is 0. The largest absolute Gasteiger partial charge is 0.312 e. The molecule has 1 aromatic heterocycles. The summed E-state index contributed by atoms with van der Waals surface area (Å²) in [6, 6.07) is 27.0. The first-order valence-electron chi connectivity index (χ1n) is 9.22. The van der Waals surface area contributed by atoms with E-state index in [1.54, 1.807) is 35.6 Å². The van der Waals surface area contributed by atoms with E-state index in [1.807, 2.05) is 36.4 Å². The molecule has 0 aliphatic heterocycles. The third-order valence-corrected chi connectivity index (χ3v) is 5.50. The van der Waals surface area contributed by atoms with Crippen molar-refractivity contribution in [2.75, 3.05) is 0 Å². The molecule has 3 aromatic carbocycles. The van der Waals surface area contributed by atoms with E-state index in [1.165, 1.54) is 5.56 Å². The summed E-state index contributed by atoms with van der Waals surface area (Å²) in [6.07, 6.45) is 0. The maximum absolute atomic E-state index is 11.0. The van der Waals surface area contributed by atoms with Gasteiger partial charge in [-0.15, -0.1) is 28.3 Å². The van der Waals surface area contributed by atoms with Gasteiger partial charge in [0.2, 0.25) is 0 Å². The van der Waals surface area contributed by atoms with Gasteiger partial charge in [-0.3, -0.25) is 15.1 Å². The van der Waals surface area contributed by atoms with Crippen LogP contribution in [0.15, 0.2) is 95.3 Å². The van der Waals surface area contributed by atoms with Crippen LogP contribution in [0.1, 0.15) is 11.1 Å². The van der Waals surface area contributed by atoms with Crippen LogP contribution in [0.5, 0.6) is 0 Å². The van der Waals surface area contributed by atoms with Gasteiger partial charge in [-0.05, 0) is 28.8 Å². The first-order valence-corrected chi connectivity index (χ1v) is 10.1. The minimum absolute atomic E-state index is 0. The van der Waals surface area contributed by atoms with E-state index in [-0.39, 0.29) is 27.6 Å². The number of aromatic nitrogens is 1. The molecule has 0 saturated heterocycles. The van der Waals surface area contributed by atoms with Crippen molar-refractivity contribution in [3.8, 4) is 11.3 Å². The molecule has 0 aliphatic carbocycles. The van der Waals surface area contributed by atoms with E-state index < -0.39 is 0 Å². The van der Waals surface area contributed by atoms with Crippen LogP contribution in [0.2, 0.25) is 0 Å². The number of nitrogens with zero attached hydrogens (tertiary/aromatic N) is 3. The van der Waals surface area contributed by atoms with Crippen LogP contribution >= 0.6 is 28.3 Å². The fourth-order valence-corrected chi connectivity index (χ4v) is 4.01.